The van der Waals surface area contributed by atoms with Gasteiger partial charge in [-0.3, -0.25) is 4.84 Å². The summed E-state index contributed by atoms with van der Waals surface area (Å²) in [5.74, 6) is 0.547. The van der Waals surface area contributed by atoms with Gasteiger partial charge in [-0.05, 0) is 25.7 Å². The maximum absolute atomic E-state index is 5.69. The van der Waals surface area contributed by atoms with Crippen LogP contribution in [0.5, 0.6) is 0 Å². The first kappa shape index (κ1) is 8.27. The van der Waals surface area contributed by atoms with Gasteiger partial charge in [0.15, 0.2) is 0 Å². The Balaban J connectivity index is 2.28. The standard InChI is InChI=1S/C10H17NO/c1-8(2)10-6-4-9(3,5-7-10)11-12-10/h4,6,8,11H,5,7H2,1-3H3. The number of nitrogens with one attached hydrogen (secondary N) is 1. The summed E-state index contributed by atoms with van der Waals surface area (Å²) in [6.07, 6.45) is 6.81. The lowest BCUT2D eigenvalue weighted by atomic mass is 9.75. The largest absolute Gasteiger partial charge is 0.290 e. The van der Waals surface area contributed by atoms with Crippen LogP contribution in [0.3, 0.4) is 0 Å². The monoisotopic (exact) mass is 167 g/mol. The van der Waals surface area contributed by atoms with Gasteiger partial charge in [0.05, 0.1) is 5.54 Å². The summed E-state index contributed by atoms with van der Waals surface area (Å²) in [5, 5.41) is 0. The van der Waals surface area contributed by atoms with E-state index in [0.717, 1.165) is 6.42 Å². The van der Waals surface area contributed by atoms with E-state index in [1.165, 1.54) is 6.42 Å². The van der Waals surface area contributed by atoms with Gasteiger partial charge in [-0.1, -0.05) is 26.0 Å². The van der Waals surface area contributed by atoms with Crippen LogP contribution in [0.4, 0.5) is 0 Å². The van der Waals surface area contributed by atoms with Crippen molar-refractivity contribution in [2.24, 2.45) is 5.92 Å². The number of hydroxylamine groups is 1. The molecule has 68 valence electrons. The van der Waals surface area contributed by atoms with Crippen molar-refractivity contribution in [3.05, 3.63) is 12.2 Å². The Hall–Kier alpha value is -0.340. The minimum absolute atomic E-state index is 0.0300. The summed E-state index contributed by atoms with van der Waals surface area (Å²) in [5.41, 5.74) is 3.19. The predicted octanol–water partition coefficient (Wildman–Crippen LogP) is 2.02. The third kappa shape index (κ3) is 1.02. The summed E-state index contributed by atoms with van der Waals surface area (Å²) in [4.78, 5) is 5.69. The van der Waals surface area contributed by atoms with Gasteiger partial charge in [0.1, 0.15) is 5.60 Å². The van der Waals surface area contributed by atoms with Crippen LogP contribution in [0.1, 0.15) is 33.6 Å². The van der Waals surface area contributed by atoms with Crippen molar-refractivity contribution in [1.29, 1.82) is 0 Å². The van der Waals surface area contributed by atoms with Gasteiger partial charge >= 0.3 is 0 Å². The fourth-order valence-corrected chi connectivity index (χ4v) is 1.93. The number of rotatable bonds is 1. The summed E-state index contributed by atoms with van der Waals surface area (Å²) in [7, 11) is 0. The van der Waals surface area contributed by atoms with Gasteiger partial charge in [0.2, 0.25) is 0 Å². The highest BCUT2D eigenvalue weighted by atomic mass is 16.7. The molecule has 0 aromatic carbocycles. The van der Waals surface area contributed by atoms with Crippen molar-refractivity contribution in [3.63, 3.8) is 0 Å². The molecule has 12 heavy (non-hydrogen) atoms. The molecule has 2 atom stereocenters. The molecule has 2 bridgehead atoms. The van der Waals surface area contributed by atoms with E-state index in [2.05, 4.69) is 38.4 Å². The Labute approximate surface area is 73.9 Å². The molecule has 2 heteroatoms. The molecule has 0 aromatic rings. The molecule has 0 spiro atoms. The Bertz CT molecular complexity index is 212. The molecule has 2 nitrogen and oxygen atoms in total. The molecule has 0 amide bonds. The van der Waals surface area contributed by atoms with Crippen LogP contribution in [-0.4, -0.2) is 11.1 Å². The van der Waals surface area contributed by atoms with E-state index in [0.29, 0.717) is 5.92 Å². The molecular weight excluding hydrogens is 150 g/mol. The third-order valence-electron chi connectivity index (χ3n) is 3.22. The number of hydrogen-bond acceptors (Lipinski definition) is 2. The molecule has 0 radical (unpaired) electrons. The molecule has 2 heterocycles. The average Bonchev–Trinajstić information content (AvgIpc) is 2.06. The zero-order chi connectivity index (χ0) is 8.82. The first-order chi connectivity index (χ1) is 5.56. The topological polar surface area (TPSA) is 21.3 Å². The molecule has 3 aliphatic rings. The molecule has 1 fully saturated rings. The van der Waals surface area contributed by atoms with Crippen molar-refractivity contribution >= 4 is 0 Å². The summed E-state index contributed by atoms with van der Waals surface area (Å²) < 4.78 is 0. The molecule has 1 N–H and O–H groups in total. The van der Waals surface area contributed by atoms with Gasteiger partial charge in [0, 0.05) is 0 Å². The van der Waals surface area contributed by atoms with Gasteiger partial charge in [-0.15, -0.1) is 0 Å². The zero-order valence-electron chi connectivity index (χ0n) is 8.05. The lowest BCUT2D eigenvalue weighted by Gasteiger charge is -2.49. The highest BCUT2D eigenvalue weighted by Gasteiger charge is 2.45. The quantitative estimate of drug-likeness (QED) is 0.603. The Morgan fingerprint density at radius 2 is 2.08 bits per heavy atom. The highest BCUT2D eigenvalue weighted by Crippen LogP contribution is 2.40. The van der Waals surface area contributed by atoms with Crippen molar-refractivity contribution in [2.45, 2.75) is 44.8 Å². The van der Waals surface area contributed by atoms with Crippen LogP contribution in [0.25, 0.3) is 0 Å². The number of hydrogen-bond donors (Lipinski definition) is 1. The van der Waals surface area contributed by atoms with E-state index in [9.17, 15) is 0 Å². The highest BCUT2D eigenvalue weighted by molar-refractivity contribution is 5.20. The summed E-state index contributed by atoms with van der Waals surface area (Å²) in [6, 6.07) is 0. The van der Waals surface area contributed by atoms with E-state index in [4.69, 9.17) is 4.84 Å². The molecule has 1 aliphatic carbocycles. The molecule has 2 aliphatic heterocycles. The van der Waals surface area contributed by atoms with E-state index < -0.39 is 0 Å². The van der Waals surface area contributed by atoms with Crippen LogP contribution in [0.2, 0.25) is 0 Å². The second-order valence-electron chi connectivity index (χ2n) is 4.56. The molecule has 3 rings (SSSR count). The lowest BCUT2D eigenvalue weighted by molar-refractivity contribution is -0.173. The van der Waals surface area contributed by atoms with E-state index in [1.807, 2.05) is 0 Å². The van der Waals surface area contributed by atoms with Gasteiger partial charge in [0.25, 0.3) is 0 Å². The molecule has 0 aromatic heterocycles. The number of fused-ring (bicyclic) bond motifs is 2. The van der Waals surface area contributed by atoms with Gasteiger partial charge in [-0.25, -0.2) is 0 Å². The van der Waals surface area contributed by atoms with Crippen molar-refractivity contribution in [1.82, 2.24) is 5.48 Å². The zero-order valence-corrected chi connectivity index (χ0v) is 8.05. The lowest BCUT2D eigenvalue weighted by Crippen LogP contribution is -2.58. The van der Waals surface area contributed by atoms with Crippen LogP contribution in [0.15, 0.2) is 12.2 Å². The van der Waals surface area contributed by atoms with Crippen LogP contribution in [-0.2, 0) is 4.84 Å². The maximum atomic E-state index is 5.69. The molecule has 2 unspecified atom stereocenters. The van der Waals surface area contributed by atoms with Gasteiger partial charge < -0.3 is 0 Å². The molecular formula is C10H17NO. The second-order valence-corrected chi connectivity index (χ2v) is 4.56. The SMILES string of the molecule is CC(C)C12C=CC(C)(CC1)NO2. The van der Waals surface area contributed by atoms with Crippen molar-refractivity contribution < 1.29 is 4.84 Å². The summed E-state index contributed by atoms with van der Waals surface area (Å²) >= 11 is 0. The Kier molecular flexibility index (Phi) is 1.61. The first-order valence-corrected chi connectivity index (χ1v) is 4.72. The van der Waals surface area contributed by atoms with E-state index in [-0.39, 0.29) is 11.1 Å². The predicted molar refractivity (Wildman–Crippen MR) is 48.6 cm³/mol. The molecule has 0 saturated carbocycles. The van der Waals surface area contributed by atoms with Gasteiger partial charge in [-0.2, -0.15) is 5.48 Å². The second kappa shape index (κ2) is 2.33. The fraction of sp³-hybridized carbons (Fsp3) is 0.800. The normalized spacial score (nSPS) is 45.7. The van der Waals surface area contributed by atoms with Crippen LogP contribution < -0.4 is 5.48 Å². The third-order valence-corrected chi connectivity index (χ3v) is 3.22. The van der Waals surface area contributed by atoms with E-state index in [1.54, 1.807) is 0 Å². The van der Waals surface area contributed by atoms with Crippen LogP contribution in [0, 0.1) is 5.92 Å². The Morgan fingerprint density at radius 3 is 2.42 bits per heavy atom. The Morgan fingerprint density at radius 1 is 1.33 bits per heavy atom. The van der Waals surface area contributed by atoms with Crippen LogP contribution >= 0.6 is 0 Å². The smallest absolute Gasteiger partial charge is 0.110 e. The summed E-state index contributed by atoms with van der Waals surface area (Å²) in [6.45, 7) is 6.59. The van der Waals surface area contributed by atoms with E-state index >= 15 is 0 Å². The molecule has 1 saturated heterocycles. The maximum Gasteiger partial charge on any atom is 0.110 e. The van der Waals surface area contributed by atoms with Crippen molar-refractivity contribution in [2.75, 3.05) is 0 Å². The minimum atomic E-state index is -0.0300. The fourth-order valence-electron chi connectivity index (χ4n) is 1.93. The minimum Gasteiger partial charge on any atom is -0.290 e. The first-order valence-electron chi connectivity index (χ1n) is 4.72. The van der Waals surface area contributed by atoms with Crippen molar-refractivity contribution in [3.8, 4) is 0 Å². The average molecular weight is 167 g/mol.